The van der Waals surface area contributed by atoms with Crippen molar-refractivity contribution in [3.63, 3.8) is 0 Å². The van der Waals surface area contributed by atoms with Gasteiger partial charge in [-0.05, 0) is 12.0 Å². The molecule has 24 heavy (non-hydrogen) atoms. The minimum atomic E-state index is -5.26. The Labute approximate surface area is 135 Å². The summed E-state index contributed by atoms with van der Waals surface area (Å²) in [6.45, 7) is -0.112. The second-order valence-electron chi connectivity index (χ2n) is 4.68. The zero-order chi connectivity index (χ0) is 18.4. The topological polar surface area (TPSA) is 103 Å². The number of halogens is 4. The number of hydrogen-bond donors (Lipinski definition) is 1. The van der Waals surface area contributed by atoms with E-state index < -0.39 is 31.5 Å². The molecule has 0 aliphatic heterocycles. The van der Waals surface area contributed by atoms with Crippen LogP contribution in [0, 0.1) is 0 Å². The van der Waals surface area contributed by atoms with Gasteiger partial charge in [-0.3, -0.25) is 9.36 Å². The van der Waals surface area contributed by atoms with Crippen molar-refractivity contribution >= 4 is 13.6 Å². The van der Waals surface area contributed by atoms with Crippen LogP contribution in [0.3, 0.4) is 0 Å². The largest absolute Gasteiger partial charge is 0.756 e. The first-order valence-corrected chi connectivity index (χ1v) is 8.26. The van der Waals surface area contributed by atoms with Crippen molar-refractivity contribution in [2.24, 2.45) is 0 Å². The van der Waals surface area contributed by atoms with E-state index in [-0.39, 0.29) is 26.2 Å². The first-order chi connectivity index (χ1) is 11.1. The molecule has 0 heterocycles. The number of rotatable bonds is 9. The highest BCUT2D eigenvalue weighted by Crippen LogP contribution is 2.37. The number of quaternary nitrogens is 1. The molecule has 0 saturated carbocycles. The highest BCUT2D eigenvalue weighted by molar-refractivity contribution is 7.45. The first kappa shape index (κ1) is 20.7. The minimum absolute atomic E-state index is 0.104. The third-order valence-corrected chi connectivity index (χ3v) is 3.79. The van der Waals surface area contributed by atoms with Crippen LogP contribution in [-0.2, 0) is 20.0 Å². The summed E-state index contributed by atoms with van der Waals surface area (Å²) in [6, 6.07) is 4.64. The standard InChI is InChI=1S/C13H16F4NO5P/c14-12(13(15,16)17)11(19)10-3-1-9(2-4-10)5-7-22-24(20,21)23-8-6-18/h1-4,12H,5-8,18H2,(H,20,21). The lowest BCUT2D eigenvalue weighted by Gasteiger charge is -2.21. The van der Waals surface area contributed by atoms with Crippen LogP contribution in [0.4, 0.5) is 17.6 Å². The molecule has 11 heteroatoms. The molecule has 1 rings (SSSR count). The van der Waals surface area contributed by atoms with Gasteiger partial charge in [-0.15, -0.1) is 0 Å². The lowest BCUT2D eigenvalue weighted by atomic mass is 10.0. The summed E-state index contributed by atoms with van der Waals surface area (Å²) in [6.07, 6.45) is -8.73. The van der Waals surface area contributed by atoms with Crippen LogP contribution in [0.5, 0.6) is 0 Å². The Morgan fingerprint density at radius 2 is 1.75 bits per heavy atom. The van der Waals surface area contributed by atoms with Gasteiger partial charge in [0, 0.05) is 5.56 Å². The van der Waals surface area contributed by atoms with Gasteiger partial charge in [0.05, 0.1) is 13.2 Å². The van der Waals surface area contributed by atoms with Gasteiger partial charge in [0.1, 0.15) is 6.61 Å². The van der Waals surface area contributed by atoms with E-state index in [1.807, 2.05) is 0 Å². The molecule has 2 unspecified atom stereocenters. The molecule has 136 valence electrons. The van der Waals surface area contributed by atoms with Crippen molar-refractivity contribution in [1.29, 1.82) is 0 Å². The van der Waals surface area contributed by atoms with Crippen molar-refractivity contribution in [2.75, 3.05) is 19.8 Å². The van der Waals surface area contributed by atoms with Crippen LogP contribution in [0.15, 0.2) is 24.3 Å². The van der Waals surface area contributed by atoms with E-state index in [0.29, 0.717) is 5.56 Å². The van der Waals surface area contributed by atoms with Gasteiger partial charge in [0.2, 0.25) is 5.78 Å². The molecule has 6 nitrogen and oxygen atoms in total. The highest BCUT2D eigenvalue weighted by atomic mass is 31.2. The van der Waals surface area contributed by atoms with Gasteiger partial charge in [0.15, 0.2) is 0 Å². The Morgan fingerprint density at radius 3 is 2.25 bits per heavy atom. The van der Waals surface area contributed by atoms with Crippen LogP contribution >= 0.6 is 7.82 Å². The Kier molecular flexibility index (Phi) is 7.50. The molecule has 1 aromatic rings. The Hall–Kier alpha value is -1.32. The van der Waals surface area contributed by atoms with Crippen molar-refractivity contribution in [3.8, 4) is 0 Å². The van der Waals surface area contributed by atoms with E-state index in [9.17, 15) is 31.8 Å². The van der Waals surface area contributed by atoms with Crippen LogP contribution in [0.1, 0.15) is 15.9 Å². The second kappa shape index (κ2) is 8.68. The summed E-state index contributed by atoms with van der Waals surface area (Å²) in [4.78, 5) is 22.6. The zero-order valence-corrected chi connectivity index (χ0v) is 13.3. The zero-order valence-electron chi connectivity index (χ0n) is 12.4. The molecule has 0 aromatic heterocycles. The molecule has 0 fully saturated rings. The number of phosphoric acid groups is 1. The normalized spacial score (nSPS) is 15.8. The SMILES string of the molecule is [NH3+]CCOP(=O)([O-])OCCc1ccc(C(=O)C(F)C(F)(F)F)cc1. The lowest BCUT2D eigenvalue weighted by molar-refractivity contribution is -0.373. The number of ketones is 1. The number of alkyl halides is 4. The molecule has 0 aliphatic rings. The Bertz CT molecular complexity index is 593. The molecular formula is C13H16F4NO5P. The molecule has 2 atom stereocenters. The summed E-state index contributed by atoms with van der Waals surface area (Å²) >= 11 is 0. The Balaban J connectivity index is 2.57. The summed E-state index contributed by atoms with van der Waals surface area (Å²) in [5.41, 5.74) is 3.46. The summed E-state index contributed by atoms with van der Waals surface area (Å²) in [5.74, 6) is -1.68. The Morgan fingerprint density at radius 1 is 1.21 bits per heavy atom. The van der Waals surface area contributed by atoms with Crippen LogP contribution in [-0.4, -0.2) is 37.9 Å². The fraction of sp³-hybridized carbons (Fsp3) is 0.462. The van der Waals surface area contributed by atoms with Gasteiger partial charge < -0.3 is 19.7 Å². The maximum atomic E-state index is 12.9. The number of benzene rings is 1. The van der Waals surface area contributed by atoms with Gasteiger partial charge in [-0.2, -0.15) is 13.2 Å². The van der Waals surface area contributed by atoms with Gasteiger partial charge >= 0.3 is 6.18 Å². The fourth-order valence-electron chi connectivity index (χ4n) is 1.62. The number of carbonyl (C=O) groups excluding carboxylic acids is 1. The maximum absolute atomic E-state index is 12.9. The molecule has 0 spiro atoms. The van der Waals surface area contributed by atoms with Crippen molar-refractivity contribution in [1.82, 2.24) is 0 Å². The third kappa shape index (κ3) is 6.66. The second-order valence-corrected chi connectivity index (χ2v) is 6.09. The van der Waals surface area contributed by atoms with Gasteiger partial charge in [0.25, 0.3) is 14.0 Å². The van der Waals surface area contributed by atoms with Crippen molar-refractivity contribution in [2.45, 2.75) is 18.8 Å². The molecular weight excluding hydrogens is 357 g/mol. The third-order valence-electron chi connectivity index (χ3n) is 2.79. The summed E-state index contributed by atoms with van der Waals surface area (Å²) in [7, 11) is -4.42. The van der Waals surface area contributed by atoms with E-state index in [1.54, 1.807) is 0 Å². The van der Waals surface area contributed by atoms with Crippen LogP contribution in [0.25, 0.3) is 0 Å². The molecule has 0 bridgehead atoms. The molecule has 0 saturated heterocycles. The molecule has 3 N–H and O–H groups in total. The predicted octanol–water partition coefficient (Wildman–Crippen LogP) is 1.06. The van der Waals surface area contributed by atoms with Crippen molar-refractivity contribution in [3.05, 3.63) is 35.4 Å². The van der Waals surface area contributed by atoms with Crippen molar-refractivity contribution < 1.29 is 46.6 Å². The monoisotopic (exact) mass is 373 g/mol. The average Bonchev–Trinajstić information content (AvgIpc) is 2.51. The molecule has 1 aromatic carbocycles. The van der Waals surface area contributed by atoms with Crippen LogP contribution in [0.2, 0.25) is 0 Å². The molecule has 0 amide bonds. The highest BCUT2D eigenvalue weighted by Gasteiger charge is 2.45. The predicted molar refractivity (Wildman–Crippen MR) is 72.7 cm³/mol. The lowest BCUT2D eigenvalue weighted by Crippen LogP contribution is -2.52. The maximum Gasteiger partial charge on any atom is 0.427 e. The number of Topliss-reactive ketones (excluding diaryl/α,β-unsaturated/α-hetero) is 1. The van der Waals surface area contributed by atoms with E-state index in [4.69, 9.17) is 0 Å². The average molecular weight is 373 g/mol. The van der Waals surface area contributed by atoms with E-state index in [1.165, 1.54) is 12.1 Å². The summed E-state index contributed by atoms with van der Waals surface area (Å²) < 4.78 is 69.7. The fourth-order valence-corrected chi connectivity index (χ4v) is 2.36. The molecule has 0 aliphatic carbocycles. The van der Waals surface area contributed by atoms with E-state index in [2.05, 4.69) is 14.8 Å². The van der Waals surface area contributed by atoms with E-state index in [0.717, 1.165) is 12.1 Å². The number of phosphoric ester groups is 1. The number of carbonyl (C=O) groups is 1. The van der Waals surface area contributed by atoms with Crippen LogP contribution < -0.4 is 10.6 Å². The molecule has 0 radical (unpaired) electrons. The number of hydrogen-bond acceptors (Lipinski definition) is 5. The van der Waals surface area contributed by atoms with E-state index >= 15 is 0 Å². The van der Waals surface area contributed by atoms with Gasteiger partial charge in [-0.1, -0.05) is 24.3 Å². The quantitative estimate of drug-likeness (QED) is 0.396. The summed E-state index contributed by atoms with van der Waals surface area (Å²) in [5, 5.41) is 0. The van der Waals surface area contributed by atoms with Gasteiger partial charge in [-0.25, -0.2) is 4.39 Å². The first-order valence-electron chi connectivity index (χ1n) is 6.80. The minimum Gasteiger partial charge on any atom is -0.756 e. The smallest absolute Gasteiger partial charge is 0.427 e.